The van der Waals surface area contributed by atoms with Crippen molar-refractivity contribution >= 4 is 28.8 Å². The van der Waals surface area contributed by atoms with E-state index in [4.69, 9.17) is 9.84 Å². The largest absolute Gasteiger partial charge is 0.481 e. The minimum Gasteiger partial charge on any atom is -0.481 e. The molecule has 0 atom stereocenters. The van der Waals surface area contributed by atoms with Crippen molar-refractivity contribution in [3.63, 3.8) is 0 Å². The predicted octanol–water partition coefficient (Wildman–Crippen LogP) is 2.13. The van der Waals surface area contributed by atoms with Crippen molar-refractivity contribution in [2.75, 3.05) is 20.7 Å². The van der Waals surface area contributed by atoms with Crippen LogP contribution in [0.2, 0.25) is 0 Å². The number of carbonyl (C=O) groups is 3. The lowest BCUT2D eigenvalue weighted by molar-refractivity contribution is -0.139. The molecule has 6 nitrogen and oxygen atoms in total. The van der Waals surface area contributed by atoms with E-state index >= 15 is 0 Å². The van der Waals surface area contributed by atoms with Crippen LogP contribution in [-0.4, -0.2) is 47.7 Å². The van der Waals surface area contributed by atoms with Crippen molar-refractivity contribution in [2.24, 2.45) is 0 Å². The average Bonchev–Trinajstić information content (AvgIpc) is 2.35. The number of carbonyl (C=O) groups excluding carboxylic acids is 2. The standard InChI is InChI=1S/C13H15NO5S/c1-8(15)10-5-4-9(20-13(18)14(2)3)6-11(10)19-7-12(16)17/h4-6H,7H2,1-3H3,(H,16,17). The molecule has 0 spiro atoms. The zero-order valence-corrected chi connectivity index (χ0v) is 12.2. The Balaban J connectivity index is 3.00. The van der Waals surface area contributed by atoms with Crippen LogP contribution in [0.4, 0.5) is 4.79 Å². The Labute approximate surface area is 120 Å². The number of Topliss-reactive ketones (excluding diaryl/α,β-unsaturated/α-hetero) is 1. The molecule has 1 aromatic carbocycles. The van der Waals surface area contributed by atoms with Gasteiger partial charge in [0.25, 0.3) is 5.24 Å². The van der Waals surface area contributed by atoms with Crippen LogP contribution in [0.15, 0.2) is 23.1 Å². The Morgan fingerprint density at radius 3 is 2.45 bits per heavy atom. The monoisotopic (exact) mass is 297 g/mol. The molecule has 0 heterocycles. The van der Waals surface area contributed by atoms with Gasteiger partial charge in [0, 0.05) is 19.0 Å². The molecule has 1 rings (SSSR count). The second-order valence-corrected chi connectivity index (χ2v) is 5.18. The van der Waals surface area contributed by atoms with Crippen LogP contribution in [-0.2, 0) is 4.79 Å². The van der Waals surface area contributed by atoms with Gasteiger partial charge in [-0.1, -0.05) is 0 Å². The third-order valence-corrected chi connectivity index (χ3v) is 3.28. The van der Waals surface area contributed by atoms with Gasteiger partial charge in [-0.15, -0.1) is 0 Å². The molecule has 20 heavy (non-hydrogen) atoms. The van der Waals surface area contributed by atoms with Gasteiger partial charge >= 0.3 is 5.97 Å². The highest BCUT2D eigenvalue weighted by Crippen LogP contribution is 2.28. The van der Waals surface area contributed by atoms with Gasteiger partial charge in [0.15, 0.2) is 12.4 Å². The molecule has 0 unspecified atom stereocenters. The van der Waals surface area contributed by atoms with Crippen LogP contribution >= 0.6 is 11.8 Å². The zero-order valence-electron chi connectivity index (χ0n) is 11.4. The van der Waals surface area contributed by atoms with Crippen molar-refractivity contribution in [3.8, 4) is 5.75 Å². The molecule has 0 aliphatic carbocycles. The molecule has 0 saturated heterocycles. The Hall–Kier alpha value is -2.02. The summed E-state index contributed by atoms with van der Waals surface area (Å²) >= 11 is 0.969. The van der Waals surface area contributed by atoms with Crippen molar-refractivity contribution in [2.45, 2.75) is 11.8 Å². The van der Waals surface area contributed by atoms with Gasteiger partial charge in [0.1, 0.15) is 5.75 Å². The number of benzene rings is 1. The number of carboxylic acids is 1. The van der Waals surface area contributed by atoms with Gasteiger partial charge in [-0.05, 0) is 36.9 Å². The van der Waals surface area contributed by atoms with E-state index in [2.05, 4.69) is 0 Å². The number of ketones is 1. The van der Waals surface area contributed by atoms with E-state index in [1.165, 1.54) is 24.0 Å². The molecular formula is C13H15NO5S. The fourth-order valence-corrected chi connectivity index (χ4v) is 1.99. The van der Waals surface area contributed by atoms with E-state index in [9.17, 15) is 14.4 Å². The van der Waals surface area contributed by atoms with E-state index in [1.807, 2.05) is 0 Å². The van der Waals surface area contributed by atoms with Crippen LogP contribution < -0.4 is 4.74 Å². The van der Waals surface area contributed by atoms with Crippen molar-refractivity contribution in [3.05, 3.63) is 23.8 Å². The predicted molar refractivity (Wildman–Crippen MR) is 74.5 cm³/mol. The lowest BCUT2D eigenvalue weighted by atomic mass is 10.1. The highest BCUT2D eigenvalue weighted by molar-refractivity contribution is 8.13. The summed E-state index contributed by atoms with van der Waals surface area (Å²) in [5, 5.41) is 8.44. The summed E-state index contributed by atoms with van der Waals surface area (Å²) in [5.74, 6) is -1.21. The Bertz CT molecular complexity index is 542. The summed E-state index contributed by atoms with van der Waals surface area (Å²) in [4.78, 5) is 35.6. The summed E-state index contributed by atoms with van der Waals surface area (Å²) in [5.41, 5.74) is 0.285. The number of carboxylic acid groups (broad SMARTS) is 1. The molecule has 1 N–H and O–H groups in total. The number of nitrogens with zero attached hydrogens (tertiary/aromatic N) is 1. The molecule has 1 aromatic rings. The maximum Gasteiger partial charge on any atom is 0.341 e. The molecule has 0 aromatic heterocycles. The molecule has 108 valence electrons. The molecule has 0 saturated carbocycles. The highest BCUT2D eigenvalue weighted by atomic mass is 32.2. The first-order valence-corrected chi connectivity index (χ1v) is 6.51. The maximum absolute atomic E-state index is 11.6. The minimum absolute atomic E-state index is 0.163. The fourth-order valence-electron chi connectivity index (χ4n) is 1.31. The van der Waals surface area contributed by atoms with Crippen LogP contribution in [0.3, 0.4) is 0 Å². The molecule has 0 bridgehead atoms. The van der Waals surface area contributed by atoms with Gasteiger partial charge in [0.05, 0.1) is 5.56 Å². The molecule has 0 fully saturated rings. The lowest BCUT2D eigenvalue weighted by Crippen LogP contribution is -2.16. The van der Waals surface area contributed by atoms with Crippen molar-refractivity contribution in [1.82, 2.24) is 4.90 Å². The number of hydrogen-bond donors (Lipinski definition) is 1. The van der Waals surface area contributed by atoms with Gasteiger partial charge in [0.2, 0.25) is 0 Å². The molecule has 0 aliphatic heterocycles. The molecule has 0 radical (unpaired) electrons. The van der Waals surface area contributed by atoms with Gasteiger partial charge < -0.3 is 14.7 Å². The smallest absolute Gasteiger partial charge is 0.341 e. The van der Waals surface area contributed by atoms with Gasteiger partial charge in [-0.25, -0.2) is 4.79 Å². The number of rotatable bonds is 5. The third-order valence-electron chi connectivity index (χ3n) is 2.25. The normalized spacial score (nSPS) is 9.95. The first-order valence-electron chi connectivity index (χ1n) is 5.70. The average molecular weight is 297 g/mol. The number of amides is 1. The van der Waals surface area contributed by atoms with Crippen LogP contribution in [0.5, 0.6) is 5.75 Å². The number of hydrogen-bond acceptors (Lipinski definition) is 5. The summed E-state index contributed by atoms with van der Waals surface area (Å²) in [7, 11) is 3.25. The van der Waals surface area contributed by atoms with Gasteiger partial charge in [-0.3, -0.25) is 9.59 Å². The van der Waals surface area contributed by atoms with E-state index in [-0.39, 0.29) is 22.3 Å². The third kappa shape index (κ3) is 4.58. The summed E-state index contributed by atoms with van der Waals surface area (Å²) in [6, 6.07) is 4.63. The van der Waals surface area contributed by atoms with Crippen molar-refractivity contribution < 1.29 is 24.2 Å². The first-order chi connectivity index (χ1) is 9.31. The topological polar surface area (TPSA) is 83.9 Å². The van der Waals surface area contributed by atoms with Crippen LogP contribution in [0.25, 0.3) is 0 Å². The first kappa shape index (κ1) is 16.0. The molecule has 0 aliphatic rings. The van der Waals surface area contributed by atoms with E-state index in [0.29, 0.717) is 4.90 Å². The Morgan fingerprint density at radius 1 is 1.30 bits per heavy atom. The molecule has 1 amide bonds. The Morgan fingerprint density at radius 2 is 1.95 bits per heavy atom. The van der Waals surface area contributed by atoms with Crippen molar-refractivity contribution in [1.29, 1.82) is 0 Å². The zero-order chi connectivity index (χ0) is 15.3. The highest BCUT2D eigenvalue weighted by Gasteiger charge is 2.13. The van der Waals surface area contributed by atoms with Crippen LogP contribution in [0, 0.1) is 0 Å². The second-order valence-electron chi connectivity index (χ2n) is 4.16. The van der Waals surface area contributed by atoms with Gasteiger partial charge in [-0.2, -0.15) is 0 Å². The Kier molecular flexibility index (Phi) is 5.57. The van der Waals surface area contributed by atoms with Crippen LogP contribution in [0.1, 0.15) is 17.3 Å². The van der Waals surface area contributed by atoms with E-state index in [0.717, 1.165) is 11.8 Å². The second kappa shape index (κ2) is 6.95. The lowest BCUT2D eigenvalue weighted by Gasteiger charge is -2.12. The maximum atomic E-state index is 11.6. The number of aliphatic carboxylic acids is 1. The van der Waals surface area contributed by atoms with E-state index in [1.54, 1.807) is 20.2 Å². The molecular weight excluding hydrogens is 282 g/mol. The number of ether oxygens (including phenoxy) is 1. The SMILES string of the molecule is CC(=O)c1ccc(SC(=O)N(C)C)cc1OCC(=O)O. The quantitative estimate of drug-likeness (QED) is 0.662. The fraction of sp³-hybridized carbons (Fsp3) is 0.308. The van der Waals surface area contributed by atoms with E-state index < -0.39 is 12.6 Å². The molecule has 7 heteroatoms. The summed E-state index contributed by atoms with van der Waals surface area (Å²) in [6.45, 7) is 0.816. The minimum atomic E-state index is -1.14. The summed E-state index contributed by atoms with van der Waals surface area (Å²) in [6.07, 6.45) is 0. The number of thioether (sulfide) groups is 1. The summed E-state index contributed by atoms with van der Waals surface area (Å²) < 4.78 is 5.08.